The van der Waals surface area contributed by atoms with Crippen LogP contribution in [0.1, 0.15) is 12.5 Å². The van der Waals surface area contributed by atoms with Crippen molar-refractivity contribution in [2.75, 3.05) is 17.6 Å². The van der Waals surface area contributed by atoms with Gasteiger partial charge in [-0.3, -0.25) is 4.79 Å². The molecule has 17 heavy (non-hydrogen) atoms. The lowest BCUT2D eigenvalue weighted by Crippen LogP contribution is -2.19. The summed E-state index contributed by atoms with van der Waals surface area (Å²) in [6, 6.07) is 8.97. The number of nitrogens with zero attached hydrogens (tertiary/aromatic N) is 1. The van der Waals surface area contributed by atoms with Crippen molar-refractivity contribution in [2.45, 2.75) is 12.2 Å². The van der Waals surface area contributed by atoms with Crippen molar-refractivity contribution < 1.29 is 4.79 Å². The first-order valence-corrected chi connectivity index (χ1v) is 6.33. The van der Waals surface area contributed by atoms with Gasteiger partial charge in [-0.25, -0.2) is 0 Å². The predicted octanol–water partition coefficient (Wildman–Crippen LogP) is 1.58. The van der Waals surface area contributed by atoms with E-state index in [0.29, 0.717) is 23.5 Å². The molecule has 0 aliphatic carbocycles. The second kappa shape index (κ2) is 6.94. The number of hydrogen-bond acceptors (Lipinski definition) is 4. The number of anilines is 1. The molecule has 0 aliphatic heterocycles. The van der Waals surface area contributed by atoms with E-state index in [9.17, 15) is 4.79 Å². The number of hydrogen-bond donors (Lipinski definition) is 2. The summed E-state index contributed by atoms with van der Waals surface area (Å²) in [6.45, 7) is 2.52. The minimum Gasteiger partial charge on any atom is -0.329 e. The van der Waals surface area contributed by atoms with Crippen molar-refractivity contribution in [3.63, 3.8) is 0 Å². The molecule has 1 rings (SSSR count). The molecular weight excluding hydrogens is 234 g/mol. The molecule has 1 atom stereocenters. The second-order valence-electron chi connectivity index (χ2n) is 3.56. The Morgan fingerprint density at radius 1 is 1.59 bits per heavy atom. The molecule has 0 radical (unpaired) electrons. The number of nitrogens with two attached hydrogens (primary N) is 1. The van der Waals surface area contributed by atoms with E-state index in [1.165, 1.54) is 11.8 Å². The fraction of sp³-hybridized carbons (Fsp3) is 0.333. The normalized spacial score (nSPS) is 11.6. The highest BCUT2D eigenvalue weighted by atomic mass is 32.2. The van der Waals surface area contributed by atoms with Crippen LogP contribution in [0.25, 0.3) is 0 Å². The molecule has 3 N–H and O–H groups in total. The Morgan fingerprint density at radius 3 is 2.94 bits per heavy atom. The summed E-state index contributed by atoms with van der Waals surface area (Å²) in [4.78, 5) is 11.6. The third kappa shape index (κ3) is 4.47. The monoisotopic (exact) mass is 249 g/mol. The molecule has 0 heterocycles. The Balaban J connectivity index is 2.54. The molecule has 0 aromatic heterocycles. The Kier molecular flexibility index (Phi) is 5.53. The second-order valence-corrected chi connectivity index (χ2v) is 4.99. The number of para-hydroxylation sites is 1. The Labute approximate surface area is 105 Å². The van der Waals surface area contributed by atoms with E-state index in [0.717, 1.165) is 0 Å². The summed E-state index contributed by atoms with van der Waals surface area (Å²) in [6.07, 6.45) is 0. The molecule has 90 valence electrons. The average Bonchev–Trinajstić information content (AvgIpc) is 2.36. The van der Waals surface area contributed by atoms with E-state index < -0.39 is 0 Å². The largest absolute Gasteiger partial charge is 0.329 e. The SMILES string of the molecule is CC(CN)SCC(=O)Nc1ccccc1C#N. The molecule has 5 heteroatoms. The Morgan fingerprint density at radius 2 is 2.29 bits per heavy atom. The van der Waals surface area contributed by atoms with E-state index in [-0.39, 0.29) is 11.2 Å². The first-order chi connectivity index (χ1) is 8.17. The summed E-state index contributed by atoms with van der Waals surface area (Å²) in [5.41, 5.74) is 6.49. The first kappa shape index (κ1) is 13.6. The van der Waals surface area contributed by atoms with Crippen LogP contribution in [0.3, 0.4) is 0 Å². The maximum atomic E-state index is 11.6. The third-order valence-corrected chi connectivity index (χ3v) is 3.34. The van der Waals surface area contributed by atoms with Gasteiger partial charge in [0.25, 0.3) is 0 Å². The fourth-order valence-corrected chi connectivity index (χ4v) is 1.81. The van der Waals surface area contributed by atoms with Gasteiger partial charge < -0.3 is 11.1 Å². The molecule has 1 aromatic carbocycles. The van der Waals surface area contributed by atoms with Crippen LogP contribution in [0.4, 0.5) is 5.69 Å². The summed E-state index contributed by atoms with van der Waals surface area (Å²) in [5, 5.41) is 11.8. The van der Waals surface area contributed by atoms with Crippen molar-refractivity contribution in [1.29, 1.82) is 5.26 Å². The molecule has 0 fully saturated rings. The zero-order chi connectivity index (χ0) is 12.7. The molecule has 0 bridgehead atoms. The Bertz CT molecular complexity index is 428. The number of carbonyl (C=O) groups excluding carboxylic acids is 1. The maximum absolute atomic E-state index is 11.6. The standard InChI is InChI=1S/C12H15N3OS/c1-9(6-13)17-8-12(16)15-11-5-3-2-4-10(11)7-14/h2-5,9H,6,8,13H2,1H3,(H,15,16). The van der Waals surface area contributed by atoms with Gasteiger partial charge in [-0.2, -0.15) is 5.26 Å². The molecular formula is C12H15N3OS. The lowest BCUT2D eigenvalue weighted by atomic mass is 10.2. The molecule has 1 unspecified atom stereocenters. The van der Waals surface area contributed by atoms with Gasteiger partial charge in [-0.05, 0) is 12.1 Å². The highest BCUT2D eigenvalue weighted by Crippen LogP contribution is 2.15. The lowest BCUT2D eigenvalue weighted by molar-refractivity contribution is -0.113. The number of carbonyl (C=O) groups is 1. The topological polar surface area (TPSA) is 78.9 Å². The molecule has 0 aliphatic rings. The molecule has 1 aromatic rings. The van der Waals surface area contributed by atoms with Crippen LogP contribution >= 0.6 is 11.8 Å². The smallest absolute Gasteiger partial charge is 0.234 e. The summed E-state index contributed by atoms with van der Waals surface area (Å²) < 4.78 is 0. The van der Waals surface area contributed by atoms with Gasteiger partial charge >= 0.3 is 0 Å². The lowest BCUT2D eigenvalue weighted by Gasteiger charge is -2.09. The van der Waals surface area contributed by atoms with Crippen molar-refractivity contribution in [1.82, 2.24) is 0 Å². The summed E-state index contributed by atoms with van der Waals surface area (Å²) in [5.74, 6) is 0.232. The van der Waals surface area contributed by atoms with Crippen molar-refractivity contribution >= 4 is 23.4 Å². The van der Waals surface area contributed by atoms with Crippen LogP contribution in [-0.4, -0.2) is 23.5 Å². The Hall–Kier alpha value is -1.51. The number of rotatable bonds is 5. The molecule has 1 amide bonds. The van der Waals surface area contributed by atoms with Crippen LogP contribution in [0.15, 0.2) is 24.3 Å². The van der Waals surface area contributed by atoms with Crippen LogP contribution in [0.2, 0.25) is 0 Å². The van der Waals surface area contributed by atoms with E-state index in [1.54, 1.807) is 24.3 Å². The molecule has 4 nitrogen and oxygen atoms in total. The molecule has 0 saturated carbocycles. The number of amides is 1. The first-order valence-electron chi connectivity index (χ1n) is 5.28. The van der Waals surface area contributed by atoms with Gasteiger partial charge in [-0.15, -0.1) is 11.8 Å². The number of benzene rings is 1. The number of thioether (sulfide) groups is 1. The van der Waals surface area contributed by atoms with E-state index in [4.69, 9.17) is 11.0 Å². The zero-order valence-electron chi connectivity index (χ0n) is 9.64. The predicted molar refractivity (Wildman–Crippen MR) is 70.8 cm³/mol. The molecule has 0 saturated heterocycles. The van der Waals surface area contributed by atoms with Crippen LogP contribution in [0.5, 0.6) is 0 Å². The van der Waals surface area contributed by atoms with Crippen LogP contribution in [0, 0.1) is 11.3 Å². The van der Waals surface area contributed by atoms with Gasteiger partial charge in [0.05, 0.1) is 17.0 Å². The fourth-order valence-electron chi connectivity index (χ4n) is 1.16. The summed E-state index contributed by atoms with van der Waals surface area (Å²) >= 11 is 1.50. The minimum absolute atomic E-state index is 0.113. The van der Waals surface area contributed by atoms with E-state index in [1.807, 2.05) is 13.0 Å². The molecule has 0 spiro atoms. The zero-order valence-corrected chi connectivity index (χ0v) is 10.5. The number of nitriles is 1. The van der Waals surface area contributed by atoms with Gasteiger partial charge in [0.1, 0.15) is 6.07 Å². The van der Waals surface area contributed by atoms with Crippen molar-refractivity contribution in [3.8, 4) is 6.07 Å². The van der Waals surface area contributed by atoms with Crippen LogP contribution < -0.4 is 11.1 Å². The van der Waals surface area contributed by atoms with Crippen molar-refractivity contribution in [2.24, 2.45) is 5.73 Å². The van der Waals surface area contributed by atoms with Gasteiger partial charge in [0, 0.05) is 11.8 Å². The quantitative estimate of drug-likeness (QED) is 0.830. The van der Waals surface area contributed by atoms with Crippen molar-refractivity contribution in [3.05, 3.63) is 29.8 Å². The highest BCUT2D eigenvalue weighted by Gasteiger charge is 2.08. The van der Waals surface area contributed by atoms with Crippen LogP contribution in [-0.2, 0) is 4.79 Å². The van der Waals surface area contributed by atoms with E-state index in [2.05, 4.69) is 5.32 Å². The highest BCUT2D eigenvalue weighted by molar-refractivity contribution is 8.00. The third-order valence-electron chi connectivity index (χ3n) is 2.15. The minimum atomic E-state index is -0.113. The number of nitrogens with one attached hydrogen (secondary N) is 1. The average molecular weight is 249 g/mol. The van der Waals surface area contributed by atoms with E-state index >= 15 is 0 Å². The van der Waals surface area contributed by atoms with Gasteiger partial charge in [-0.1, -0.05) is 19.1 Å². The van der Waals surface area contributed by atoms with Gasteiger partial charge in [0.2, 0.25) is 5.91 Å². The summed E-state index contributed by atoms with van der Waals surface area (Å²) in [7, 11) is 0. The van der Waals surface area contributed by atoms with Gasteiger partial charge in [0.15, 0.2) is 0 Å². The maximum Gasteiger partial charge on any atom is 0.234 e.